The van der Waals surface area contributed by atoms with Crippen molar-refractivity contribution in [2.24, 2.45) is 0 Å². The predicted molar refractivity (Wildman–Crippen MR) is 79.9 cm³/mol. The summed E-state index contributed by atoms with van der Waals surface area (Å²) in [5.41, 5.74) is 1.21. The van der Waals surface area contributed by atoms with E-state index in [1.165, 1.54) is 49.3 Å². The SMILES string of the molecule is c1csc(CN2CCC(n3cc(C4CC4)nn3)CC2)c1. The zero-order valence-corrected chi connectivity index (χ0v) is 12.4. The van der Waals surface area contributed by atoms with E-state index in [2.05, 4.69) is 43.6 Å². The van der Waals surface area contributed by atoms with Crippen molar-refractivity contribution in [3.05, 3.63) is 34.3 Å². The minimum atomic E-state index is 0.551. The molecule has 5 heteroatoms. The summed E-state index contributed by atoms with van der Waals surface area (Å²) in [4.78, 5) is 4.03. The van der Waals surface area contributed by atoms with Gasteiger partial charge < -0.3 is 0 Å². The van der Waals surface area contributed by atoms with Crippen LogP contribution in [0.3, 0.4) is 0 Å². The van der Waals surface area contributed by atoms with Crippen LogP contribution in [0.5, 0.6) is 0 Å². The highest BCUT2D eigenvalue weighted by molar-refractivity contribution is 7.09. The van der Waals surface area contributed by atoms with Gasteiger partial charge in [-0.2, -0.15) is 0 Å². The number of hydrogen-bond acceptors (Lipinski definition) is 4. The lowest BCUT2D eigenvalue weighted by molar-refractivity contribution is 0.173. The molecule has 4 rings (SSSR count). The molecule has 0 aromatic carbocycles. The van der Waals surface area contributed by atoms with Crippen molar-refractivity contribution in [1.29, 1.82) is 0 Å². The number of nitrogens with zero attached hydrogens (tertiary/aromatic N) is 4. The van der Waals surface area contributed by atoms with Crippen LogP contribution in [0.4, 0.5) is 0 Å². The van der Waals surface area contributed by atoms with E-state index < -0.39 is 0 Å². The van der Waals surface area contributed by atoms with Gasteiger partial charge in [-0.15, -0.1) is 16.4 Å². The standard InChI is InChI=1S/C15H20N4S/c1-2-14(20-9-1)10-18-7-5-13(6-8-18)19-11-15(16-17-19)12-3-4-12/h1-2,9,11-13H,3-8,10H2. The highest BCUT2D eigenvalue weighted by atomic mass is 32.1. The number of aromatic nitrogens is 3. The molecule has 1 saturated carbocycles. The Balaban J connectivity index is 1.34. The third-order valence-corrected chi connectivity index (χ3v) is 5.28. The lowest BCUT2D eigenvalue weighted by atomic mass is 10.1. The first-order valence-electron chi connectivity index (χ1n) is 7.55. The average Bonchev–Trinajstić information content (AvgIpc) is 3.00. The van der Waals surface area contributed by atoms with Gasteiger partial charge in [0.15, 0.2) is 0 Å². The number of piperidine rings is 1. The Hall–Kier alpha value is -1.20. The Morgan fingerprint density at radius 1 is 1.20 bits per heavy atom. The molecule has 0 spiro atoms. The van der Waals surface area contributed by atoms with Gasteiger partial charge in [-0.1, -0.05) is 11.3 Å². The van der Waals surface area contributed by atoms with E-state index in [0.29, 0.717) is 12.0 Å². The second kappa shape index (κ2) is 5.30. The molecule has 0 amide bonds. The van der Waals surface area contributed by atoms with Crippen molar-refractivity contribution in [2.45, 2.75) is 44.2 Å². The fraction of sp³-hybridized carbons (Fsp3) is 0.600. The first kappa shape index (κ1) is 12.5. The van der Waals surface area contributed by atoms with Gasteiger partial charge in [-0.3, -0.25) is 4.90 Å². The smallest absolute Gasteiger partial charge is 0.0858 e. The zero-order valence-electron chi connectivity index (χ0n) is 11.6. The van der Waals surface area contributed by atoms with Crippen LogP contribution in [0.15, 0.2) is 23.7 Å². The van der Waals surface area contributed by atoms with Crippen LogP contribution in [0.2, 0.25) is 0 Å². The quantitative estimate of drug-likeness (QED) is 0.867. The summed E-state index contributed by atoms with van der Waals surface area (Å²) in [7, 11) is 0. The van der Waals surface area contributed by atoms with Gasteiger partial charge in [-0.25, -0.2) is 4.68 Å². The molecule has 0 unspecified atom stereocenters. The molecule has 0 bridgehead atoms. The molecule has 2 aromatic rings. The molecule has 1 aliphatic carbocycles. The average molecular weight is 288 g/mol. The molecular weight excluding hydrogens is 268 g/mol. The van der Waals surface area contributed by atoms with Crippen LogP contribution in [0.1, 0.15) is 48.2 Å². The van der Waals surface area contributed by atoms with Crippen LogP contribution in [0, 0.1) is 0 Å². The van der Waals surface area contributed by atoms with E-state index in [4.69, 9.17) is 0 Å². The van der Waals surface area contributed by atoms with Gasteiger partial charge in [0, 0.05) is 36.6 Å². The molecule has 2 aliphatic rings. The minimum Gasteiger partial charge on any atom is -0.298 e. The molecule has 1 aliphatic heterocycles. The molecule has 0 radical (unpaired) electrons. The molecule has 2 aromatic heterocycles. The second-order valence-corrected chi connectivity index (χ2v) is 7.02. The van der Waals surface area contributed by atoms with E-state index in [-0.39, 0.29) is 0 Å². The monoisotopic (exact) mass is 288 g/mol. The second-order valence-electron chi connectivity index (χ2n) is 5.98. The van der Waals surface area contributed by atoms with Crippen LogP contribution in [0.25, 0.3) is 0 Å². The first-order valence-corrected chi connectivity index (χ1v) is 8.43. The topological polar surface area (TPSA) is 34.0 Å². The van der Waals surface area contributed by atoms with E-state index in [0.717, 1.165) is 6.54 Å². The Kier molecular flexibility index (Phi) is 3.32. The van der Waals surface area contributed by atoms with Gasteiger partial charge in [0.05, 0.1) is 11.7 Å². The predicted octanol–water partition coefficient (Wildman–Crippen LogP) is 3.05. The molecule has 0 N–H and O–H groups in total. The van der Waals surface area contributed by atoms with Crippen molar-refractivity contribution in [1.82, 2.24) is 19.9 Å². The molecule has 4 nitrogen and oxygen atoms in total. The molecule has 1 saturated heterocycles. The summed E-state index contributed by atoms with van der Waals surface area (Å²) in [6.07, 6.45) is 7.19. The molecule has 3 heterocycles. The molecular formula is C15H20N4S. The lowest BCUT2D eigenvalue weighted by Crippen LogP contribution is -2.34. The van der Waals surface area contributed by atoms with Gasteiger partial charge in [0.1, 0.15) is 0 Å². The van der Waals surface area contributed by atoms with E-state index in [9.17, 15) is 0 Å². The maximum absolute atomic E-state index is 4.35. The van der Waals surface area contributed by atoms with E-state index in [1.54, 1.807) is 0 Å². The van der Waals surface area contributed by atoms with Crippen molar-refractivity contribution in [3.8, 4) is 0 Å². The van der Waals surface area contributed by atoms with E-state index in [1.807, 2.05) is 11.3 Å². The summed E-state index contributed by atoms with van der Waals surface area (Å²) in [5, 5.41) is 10.8. The highest BCUT2D eigenvalue weighted by Gasteiger charge is 2.28. The Bertz CT molecular complexity index is 550. The van der Waals surface area contributed by atoms with Gasteiger partial charge in [-0.05, 0) is 37.1 Å². The van der Waals surface area contributed by atoms with Crippen LogP contribution in [-0.4, -0.2) is 33.0 Å². The number of rotatable bonds is 4. The number of likely N-dealkylation sites (tertiary alicyclic amines) is 1. The fourth-order valence-electron chi connectivity index (χ4n) is 3.00. The van der Waals surface area contributed by atoms with Crippen LogP contribution >= 0.6 is 11.3 Å². The summed E-state index contributed by atoms with van der Waals surface area (Å²) in [6, 6.07) is 4.92. The largest absolute Gasteiger partial charge is 0.298 e. The summed E-state index contributed by atoms with van der Waals surface area (Å²) in [5.74, 6) is 0.711. The van der Waals surface area contributed by atoms with Gasteiger partial charge in [0.25, 0.3) is 0 Å². The normalized spacial score (nSPS) is 21.4. The molecule has 106 valence electrons. The Labute approximate surface area is 123 Å². The first-order chi connectivity index (χ1) is 9.88. The summed E-state index contributed by atoms with van der Waals surface area (Å²) < 4.78 is 2.12. The molecule has 0 atom stereocenters. The summed E-state index contributed by atoms with van der Waals surface area (Å²) in [6.45, 7) is 3.44. The zero-order chi connectivity index (χ0) is 13.4. The fourth-order valence-corrected chi connectivity index (χ4v) is 3.75. The number of thiophene rings is 1. The minimum absolute atomic E-state index is 0.551. The third kappa shape index (κ3) is 2.65. The number of hydrogen-bond donors (Lipinski definition) is 0. The maximum atomic E-state index is 4.35. The van der Waals surface area contributed by atoms with Crippen molar-refractivity contribution >= 4 is 11.3 Å². The third-order valence-electron chi connectivity index (χ3n) is 4.41. The van der Waals surface area contributed by atoms with Gasteiger partial charge in [0.2, 0.25) is 0 Å². The summed E-state index contributed by atoms with van der Waals surface area (Å²) >= 11 is 1.86. The highest BCUT2D eigenvalue weighted by Crippen LogP contribution is 2.39. The lowest BCUT2D eigenvalue weighted by Gasteiger charge is -2.31. The maximum Gasteiger partial charge on any atom is 0.0858 e. The Morgan fingerprint density at radius 3 is 2.75 bits per heavy atom. The van der Waals surface area contributed by atoms with Crippen LogP contribution < -0.4 is 0 Å². The Morgan fingerprint density at radius 2 is 2.05 bits per heavy atom. The molecule has 2 fully saturated rings. The van der Waals surface area contributed by atoms with E-state index >= 15 is 0 Å². The van der Waals surface area contributed by atoms with Crippen molar-refractivity contribution in [3.63, 3.8) is 0 Å². The van der Waals surface area contributed by atoms with Crippen molar-refractivity contribution < 1.29 is 0 Å². The van der Waals surface area contributed by atoms with Crippen LogP contribution in [-0.2, 0) is 6.54 Å². The van der Waals surface area contributed by atoms with Gasteiger partial charge >= 0.3 is 0 Å². The van der Waals surface area contributed by atoms with Crippen molar-refractivity contribution in [2.75, 3.05) is 13.1 Å². The molecule has 20 heavy (non-hydrogen) atoms.